The van der Waals surface area contributed by atoms with Gasteiger partial charge in [-0.1, -0.05) is 60.1 Å². The van der Waals surface area contributed by atoms with Crippen LogP contribution in [-0.4, -0.2) is 16.9 Å². The summed E-state index contributed by atoms with van der Waals surface area (Å²) >= 11 is 3.58. The quantitative estimate of drug-likeness (QED) is 0.744. The summed E-state index contributed by atoms with van der Waals surface area (Å²) in [5.41, 5.74) is 3.55. The third-order valence-corrected chi connectivity index (χ3v) is 4.95. The average Bonchev–Trinajstić information content (AvgIpc) is 3.00. The first-order valence-electron chi connectivity index (χ1n) is 8.01. The Morgan fingerprint density at radius 2 is 1.96 bits per heavy atom. The predicted octanol–water partition coefficient (Wildman–Crippen LogP) is 4.97. The summed E-state index contributed by atoms with van der Waals surface area (Å²) in [4.78, 5) is 0. The van der Waals surface area contributed by atoms with Gasteiger partial charge in [0, 0.05) is 22.4 Å². The molecule has 2 heterocycles. The van der Waals surface area contributed by atoms with Crippen molar-refractivity contribution in [3.05, 3.63) is 64.1 Å². The van der Waals surface area contributed by atoms with Gasteiger partial charge in [-0.3, -0.25) is 0 Å². The molecule has 118 valence electrons. The SMILES string of the molecule is CC(C)[C@H]1Oc2ccc(Br)cc2[C@H]2CC(c3ccccc3)=NN21. The Morgan fingerprint density at radius 3 is 2.70 bits per heavy atom. The topological polar surface area (TPSA) is 24.8 Å². The summed E-state index contributed by atoms with van der Waals surface area (Å²) in [7, 11) is 0. The first-order valence-corrected chi connectivity index (χ1v) is 8.80. The summed E-state index contributed by atoms with van der Waals surface area (Å²) in [6, 6.07) is 16.9. The second-order valence-corrected chi connectivity index (χ2v) is 7.36. The van der Waals surface area contributed by atoms with Gasteiger partial charge in [-0.25, -0.2) is 5.01 Å². The van der Waals surface area contributed by atoms with Crippen LogP contribution >= 0.6 is 15.9 Å². The molecule has 0 aromatic heterocycles. The molecule has 4 heteroatoms. The Morgan fingerprint density at radius 1 is 1.17 bits per heavy atom. The molecular formula is C19H19BrN2O. The third kappa shape index (κ3) is 2.55. The molecule has 2 atom stereocenters. The molecule has 2 aromatic carbocycles. The van der Waals surface area contributed by atoms with E-state index >= 15 is 0 Å². The Labute approximate surface area is 145 Å². The molecule has 0 fully saturated rings. The normalized spacial score (nSPS) is 22.4. The smallest absolute Gasteiger partial charge is 0.190 e. The van der Waals surface area contributed by atoms with Gasteiger partial charge in [0.2, 0.25) is 0 Å². The number of hydrogen-bond donors (Lipinski definition) is 0. The Bertz CT molecular complexity index is 757. The number of hydrogen-bond acceptors (Lipinski definition) is 3. The number of ether oxygens (including phenoxy) is 1. The first kappa shape index (κ1) is 14.8. The summed E-state index contributed by atoms with van der Waals surface area (Å²) in [5, 5.41) is 7.08. The molecule has 2 aliphatic rings. The number of nitrogens with zero attached hydrogens (tertiary/aromatic N) is 2. The minimum absolute atomic E-state index is 0.0186. The molecule has 4 rings (SSSR count). The number of rotatable bonds is 2. The van der Waals surface area contributed by atoms with Crippen LogP contribution in [0.15, 0.2) is 58.1 Å². The Hall–Kier alpha value is -1.81. The highest BCUT2D eigenvalue weighted by Gasteiger charge is 2.41. The van der Waals surface area contributed by atoms with E-state index in [1.165, 1.54) is 11.1 Å². The molecule has 0 bridgehead atoms. The van der Waals surface area contributed by atoms with Crippen molar-refractivity contribution in [2.75, 3.05) is 0 Å². The second kappa shape index (κ2) is 5.68. The van der Waals surface area contributed by atoms with Crippen molar-refractivity contribution in [1.82, 2.24) is 5.01 Å². The number of fused-ring (bicyclic) bond motifs is 3. The Kier molecular flexibility index (Phi) is 3.64. The van der Waals surface area contributed by atoms with Gasteiger partial charge in [0.1, 0.15) is 5.75 Å². The van der Waals surface area contributed by atoms with E-state index in [2.05, 4.69) is 71.2 Å². The number of halogens is 1. The molecule has 0 amide bonds. The zero-order valence-electron chi connectivity index (χ0n) is 13.2. The van der Waals surface area contributed by atoms with Gasteiger partial charge in [0.25, 0.3) is 0 Å². The van der Waals surface area contributed by atoms with Crippen molar-refractivity contribution in [3.63, 3.8) is 0 Å². The molecule has 2 aromatic rings. The van der Waals surface area contributed by atoms with E-state index in [0.29, 0.717) is 5.92 Å². The molecule has 0 unspecified atom stereocenters. The van der Waals surface area contributed by atoms with E-state index in [0.717, 1.165) is 22.4 Å². The predicted molar refractivity (Wildman–Crippen MR) is 95.6 cm³/mol. The van der Waals surface area contributed by atoms with Gasteiger partial charge in [-0.2, -0.15) is 5.10 Å². The zero-order valence-corrected chi connectivity index (χ0v) is 14.8. The molecule has 0 N–H and O–H groups in total. The maximum absolute atomic E-state index is 6.24. The summed E-state index contributed by atoms with van der Waals surface area (Å²) < 4.78 is 7.32. The van der Waals surface area contributed by atoms with Crippen LogP contribution in [0.5, 0.6) is 5.75 Å². The molecule has 0 spiro atoms. The van der Waals surface area contributed by atoms with Crippen LogP contribution < -0.4 is 4.74 Å². The second-order valence-electron chi connectivity index (χ2n) is 6.45. The van der Waals surface area contributed by atoms with Crippen LogP contribution in [0.1, 0.15) is 37.4 Å². The van der Waals surface area contributed by atoms with Gasteiger partial charge in [0.15, 0.2) is 6.23 Å². The highest BCUT2D eigenvalue weighted by atomic mass is 79.9. The van der Waals surface area contributed by atoms with Crippen molar-refractivity contribution in [2.24, 2.45) is 11.0 Å². The summed E-state index contributed by atoms with van der Waals surface area (Å²) in [6.07, 6.45) is 0.898. The Balaban J connectivity index is 1.77. The lowest BCUT2D eigenvalue weighted by Crippen LogP contribution is -2.43. The standard InChI is InChI=1S/C19H19BrN2O/c1-12(2)19-22-17(15-10-14(20)8-9-18(15)23-19)11-16(21-22)13-6-4-3-5-7-13/h3-10,12,17,19H,11H2,1-2H3/t17-,19-/m1/s1. The van der Waals surface area contributed by atoms with Crippen molar-refractivity contribution in [2.45, 2.75) is 32.5 Å². The fourth-order valence-electron chi connectivity index (χ4n) is 3.33. The largest absolute Gasteiger partial charge is 0.468 e. The average molecular weight is 371 g/mol. The number of hydrazone groups is 1. The van der Waals surface area contributed by atoms with Gasteiger partial charge >= 0.3 is 0 Å². The van der Waals surface area contributed by atoms with Crippen LogP contribution in [-0.2, 0) is 0 Å². The van der Waals surface area contributed by atoms with E-state index < -0.39 is 0 Å². The lowest BCUT2D eigenvalue weighted by atomic mass is 9.95. The fraction of sp³-hybridized carbons (Fsp3) is 0.316. The van der Waals surface area contributed by atoms with E-state index in [-0.39, 0.29) is 12.3 Å². The van der Waals surface area contributed by atoms with E-state index in [4.69, 9.17) is 9.84 Å². The van der Waals surface area contributed by atoms with Crippen LogP contribution in [0.25, 0.3) is 0 Å². The third-order valence-electron chi connectivity index (χ3n) is 4.46. The van der Waals surface area contributed by atoms with Gasteiger partial charge in [-0.05, 0) is 23.8 Å². The molecule has 0 saturated carbocycles. The van der Waals surface area contributed by atoms with Gasteiger partial charge in [-0.15, -0.1) is 0 Å². The van der Waals surface area contributed by atoms with Crippen LogP contribution in [0.4, 0.5) is 0 Å². The number of benzene rings is 2. The minimum atomic E-state index is -0.0186. The van der Waals surface area contributed by atoms with Crippen LogP contribution in [0, 0.1) is 5.92 Å². The molecule has 0 saturated heterocycles. The highest BCUT2D eigenvalue weighted by Crippen LogP contribution is 2.45. The van der Waals surface area contributed by atoms with E-state index in [1.54, 1.807) is 0 Å². The molecule has 0 radical (unpaired) electrons. The monoisotopic (exact) mass is 370 g/mol. The van der Waals surface area contributed by atoms with Crippen molar-refractivity contribution < 1.29 is 4.74 Å². The summed E-state index contributed by atoms with van der Waals surface area (Å²) in [6.45, 7) is 4.36. The maximum atomic E-state index is 6.24. The molecule has 2 aliphatic heterocycles. The summed E-state index contributed by atoms with van der Waals surface area (Å²) in [5.74, 6) is 1.35. The minimum Gasteiger partial charge on any atom is -0.468 e. The highest BCUT2D eigenvalue weighted by molar-refractivity contribution is 9.10. The maximum Gasteiger partial charge on any atom is 0.190 e. The van der Waals surface area contributed by atoms with E-state index in [1.807, 2.05) is 12.1 Å². The lowest BCUT2D eigenvalue weighted by Gasteiger charge is -2.40. The first-order chi connectivity index (χ1) is 11.1. The lowest BCUT2D eigenvalue weighted by molar-refractivity contribution is -0.0461. The molecule has 0 aliphatic carbocycles. The zero-order chi connectivity index (χ0) is 16.0. The molecule has 23 heavy (non-hydrogen) atoms. The van der Waals surface area contributed by atoms with Gasteiger partial charge in [0.05, 0.1) is 11.8 Å². The molecule has 3 nitrogen and oxygen atoms in total. The fourth-order valence-corrected chi connectivity index (χ4v) is 3.71. The van der Waals surface area contributed by atoms with Crippen LogP contribution in [0.3, 0.4) is 0 Å². The van der Waals surface area contributed by atoms with Crippen molar-refractivity contribution in [3.8, 4) is 5.75 Å². The van der Waals surface area contributed by atoms with E-state index in [9.17, 15) is 0 Å². The van der Waals surface area contributed by atoms with Gasteiger partial charge < -0.3 is 4.74 Å². The van der Waals surface area contributed by atoms with Crippen molar-refractivity contribution in [1.29, 1.82) is 0 Å². The molecular weight excluding hydrogens is 352 g/mol. The van der Waals surface area contributed by atoms with Crippen LogP contribution in [0.2, 0.25) is 0 Å². The van der Waals surface area contributed by atoms with Crippen molar-refractivity contribution >= 4 is 21.6 Å².